The Morgan fingerprint density at radius 2 is 1.97 bits per heavy atom. The van der Waals surface area contributed by atoms with Gasteiger partial charge in [0.05, 0.1) is 12.0 Å². The van der Waals surface area contributed by atoms with Crippen LogP contribution in [0.1, 0.15) is 77.6 Å². The molecule has 4 unspecified atom stereocenters. The Kier molecular flexibility index (Phi) is 8.09. The third kappa shape index (κ3) is 5.75. The van der Waals surface area contributed by atoms with Crippen LogP contribution < -0.4 is 5.32 Å². The third-order valence-corrected chi connectivity index (χ3v) is 9.00. The number of allylic oxidation sites excluding steroid dienone is 4. The number of rotatable bonds is 7. The van der Waals surface area contributed by atoms with Gasteiger partial charge in [-0.25, -0.2) is 0 Å². The summed E-state index contributed by atoms with van der Waals surface area (Å²) in [6.07, 6.45) is 26.9. The lowest BCUT2D eigenvalue weighted by Gasteiger charge is -2.47. The Balaban J connectivity index is 1.39. The molecule has 0 spiro atoms. The molecule has 1 amide bonds. The Morgan fingerprint density at radius 1 is 1.14 bits per heavy atom. The maximum atomic E-state index is 12.9. The van der Waals surface area contributed by atoms with Gasteiger partial charge in [-0.15, -0.1) is 6.58 Å². The quantitative estimate of drug-likeness (QED) is 0.480. The maximum absolute atomic E-state index is 12.9. The van der Waals surface area contributed by atoms with Gasteiger partial charge in [-0.05, 0) is 69.4 Å². The number of hydrogen-bond donors (Lipinski definition) is 1. The van der Waals surface area contributed by atoms with E-state index in [0.717, 1.165) is 45.2 Å². The number of fused-ring (bicyclic) bond motifs is 2. The van der Waals surface area contributed by atoms with Gasteiger partial charge in [0.25, 0.3) is 0 Å². The fraction of sp³-hybridized carbons (Fsp3) is 0.645. The normalized spacial score (nSPS) is 31.2. The number of carbonyl (C=O) groups excluding carboxylic acids is 1. The molecule has 4 atom stereocenters. The van der Waals surface area contributed by atoms with E-state index >= 15 is 0 Å². The van der Waals surface area contributed by atoms with Crippen LogP contribution in [0, 0.1) is 5.92 Å². The van der Waals surface area contributed by atoms with Crippen LogP contribution in [0.2, 0.25) is 0 Å². The number of carbonyl (C=O) groups is 1. The lowest BCUT2D eigenvalue weighted by molar-refractivity contribution is -0.124. The molecule has 2 saturated heterocycles. The highest BCUT2D eigenvalue weighted by Gasteiger charge is 2.41. The fourth-order valence-corrected chi connectivity index (χ4v) is 7.25. The molecule has 3 aliphatic carbocycles. The molecule has 2 bridgehead atoms. The van der Waals surface area contributed by atoms with Gasteiger partial charge in [0, 0.05) is 37.8 Å². The summed E-state index contributed by atoms with van der Waals surface area (Å²) in [7, 11) is 0. The molecule has 5 aliphatic rings. The van der Waals surface area contributed by atoms with E-state index in [1.807, 2.05) is 0 Å². The molecule has 35 heavy (non-hydrogen) atoms. The summed E-state index contributed by atoms with van der Waals surface area (Å²) < 4.78 is 0. The molecule has 5 rings (SSSR count). The van der Waals surface area contributed by atoms with E-state index in [1.165, 1.54) is 56.2 Å². The van der Waals surface area contributed by atoms with Crippen LogP contribution in [0.4, 0.5) is 0 Å². The smallest absolute Gasteiger partial charge is 0.227 e. The van der Waals surface area contributed by atoms with Crippen LogP contribution in [-0.2, 0) is 4.79 Å². The summed E-state index contributed by atoms with van der Waals surface area (Å²) in [6.45, 7) is 9.57. The monoisotopic (exact) mass is 475 g/mol. The average molecular weight is 476 g/mol. The van der Waals surface area contributed by atoms with Gasteiger partial charge in [-0.3, -0.25) is 14.6 Å². The zero-order chi connectivity index (χ0) is 24.2. The SMILES string of the molecule is C=CCN1CCC2CCCC(C1)N2C(C1=CCC(C(=O)NC2CCCC2)C=C1)C1=CC(C)=CCC1. The predicted octanol–water partition coefficient (Wildman–Crippen LogP) is 5.70. The van der Waals surface area contributed by atoms with Gasteiger partial charge in [0.2, 0.25) is 5.91 Å². The highest BCUT2D eigenvalue weighted by molar-refractivity contribution is 5.81. The summed E-state index contributed by atoms with van der Waals surface area (Å²) in [5, 5.41) is 3.32. The van der Waals surface area contributed by atoms with Gasteiger partial charge in [0.15, 0.2) is 0 Å². The number of piperidine rings is 1. The highest BCUT2D eigenvalue weighted by Crippen LogP contribution is 2.39. The second-order valence-corrected chi connectivity index (χ2v) is 11.5. The molecule has 4 nitrogen and oxygen atoms in total. The first-order chi connectivity index (χ1) is 17.1. The van der Waals surface area contributed by atoms with Crippen molar-refractivity contribution in [1.29, 1.82) is 0 Å². The lowest BCUT2D eigenvalue weighted by atomic mass is 9.81. The first-order valence-electron chi connectivity index (χ1n) is 14.3. The van der Waals surface area contributed by atoms with E-state index in [4.69, 9.17) is 0 Å². The van der Waals surface area contributed by atoms with Crippen molar-refractivity contribution < 1.29 is 4.79 Å². The van der Waals surface area contributed by atoms with Crippen molar-refractivity contribution in [3.63, 3.8) is 0 Å². The molecular weight excluding hydrogens is 430 g/mol. The van der Waals surface area contributed by atoms with E-state index in [2.05, 4.69) is 65.1 Å². The minimum Gasteiger partial charge on any atom is -0.353 e. The summed E-state index contributed by atoms with van der Waals surface area (Å²) in [4.78, 5) is 18.5. The molecule has 0 aromatic carbocycles. The third-order valence-electron chi connectivity index (χ3n) is 9.00. The summed E-state index contributed by atoms with van der Waals surface area (Å²) in [6, 6.07) is 1.96. The van der Waals surface area contributed by atoms with E-state index in [9.17, 15) is 4.79 Å². The standard InChI is InChI=1S/C31H45N3O/c1-3-19-33-20-18-28-12-7-13-29(22-33)34(28)30(26-9-6-8-23(2)21-26)24-14-16-25(17-15-24)31(35)32-27-10-4-5-11-27/h3,8,14-16,21,25,27-30H,1,4-7,9-13,17-20,22H2,2H3,(H,32,35). The minimum atomic E-state index is -0.0197. The molecule has 3 fully saturated rings. The Bertz CT molecular complexity index is 906. The van der Waals surface area contributed by atoms with Crippen molar-refractivity contribution in [2.24, 2.45) is 5.92 Å². The van der Waals surface area contributed by atoms with Crippen LogP contribution in [-0.4, -0.2) is 59.5 Å². The Morgan fingerprint density at radius 3 is 2.71 bits per heavy atom. The molecule has 1 N–H and O–H groups in total. The van der Waals surface area contributed by atoms with E-state index in [0.29, 0.717) is 24.2 Å². The van der Waals surface area contributed by atoms with Gasteiger partial charge >= 0.3 is 0 Å². The van der Waals surface area contributed by atoms with Gasteiger partial charge in [-0.1, -0.05) is 61.3 Å². The topological polar surface area (TPSA) is 35.6 Å². The zero-order valence-electron chi connectivity index (χ0n) is 21.8. The van der Waals surface area contributed by atoms with Gasteiger partial charge < -0.3 is 5.32 Å². The first kappa shape index (κ1) is 24.8. The van der Waals surface area contributed by atoms with E-state index in [1.54, 1.807) is 5.57 Å². The summed E-state index contributed by atoms with van der Waals surface area (Å²) in [5.41, 5.74) is 4.40. The van der Waals surface area contributed by atoms with Gasteiger partial charge in [0.1, 0.15) is 0 Å². The predicted molar refractivity (Wildman–Crippen MR) is 145 cm³/mol. The van der Waals surface area contributed by atoms with Crippen molar-refractivity contribution in [3.8, 4) is 0 Å². The summed E-state index contributed by atoms with van der Waals surface area (Å²) >= 11 is 0. The van der Waals surface area contributed by atoms with Crippen LogP contribution in [0.25, 0.3) is 0 Å². The molecule has 0 radical (unpaired) electrons. The number of amides is 1. The summed E-state index contributed by atoms with van der Waals surface area (Å²) in [5.74, 6) is 0.205. The Labute approximate surface area is 212 Å². The number of nitrogens with zero attached hydrogens (tertiary/aromatic N) is 2. The van der Waals surface area contributed by atoms with Crippen LogP contribution in [0.15, 0.2) is 59.8 Å². The van der Waals surface area contributed by atoms with Crippen molar-refractivity contribution in [2.75, 3.05) is 19.6 Å². The maximum Gasteiger partial charge on any atom is 0.227 e. The fourth-order valence-electron chi connectivity index (χ4n) is 7.25. The lowest BCUT2D eigenvalue weighted by Crippen LogP contribution is -2.54. The highest BCUT2D eigenvalue weighted by atomic mass is 16.1. The molecule has 0 aromatic heterocycles. The van der Waals surface area contributed by atoms with Crippen LogP contribution in [0.3, 0.4) is 0 Å². The number of hydrogen-bond acceptors (Lipinski definition) is 3. The second kappa shape index (κ2) is 11.4. The van der Waals surface area contributed by atoms with Crippen molar-refractivity contribution in [2.45, 2.75) is 102 Å². The molecular formula is C31H45N3O. The largest absolute Gasteiger partial charge is 0.353 e. The molecule has 2 aliphatic heterocycles. The Hall–Kier alpha value is -1.91. The van der Waals surface area contributed by atoms with Crippen LogP contribution in [0.5, 0.6) is 0 Å². The molecule has 2 heterocycles. The van der Waals surface area contributed by atoms with E-state index in [-0.39, 0.29) is 11.8 Å². The first-order valence-corrected chi connectivity index (χ1v) is 14.3. The zero-order valence-corrected chi connectivity index (χ0v) is 21.8. The molecule has 190 valence electrons. The van der Waals surface area contributed by atoms with Crippen molar-refractivity contribution in [1.82, 2.24) is 15.1 Å². The number of nitrogens with one attached hydrogen (secondary N) is 1. The minimum absolute atomic E-state index is 0.0197. The van der Waals surface area contributed by atoms with Gasteiger partial charge in [-0.2, -0.15) is 0 Å². The van der Waals surface area contributed by atoms with E-state index < -0.39 is 0 Å². The molecule has 4 heteroatoms. The second-order valence-electron chi connectivity index (χ2n) is 11.5. The van der Waals surface area contributed by atoms with Crippen molar-refractivity contribution in [3.05, 3.63) is 59.8 Å². The van der Waals surface area contributed by atoms with Crippen LogP contribution >= 0.6 is 0 Å². The molecule has 1 saturated carbocycles. The molecule has 0 aromatic rings. The van der Waals surface area contributed by atoms with Crippen molar-refractivity contribution >= 4 is 5.91 Å². The average Bonchev–Trinajstić information content (AvgIpc) is 3.35.